The molecule has 0 saturated carbocycles. The molecule has 28 heavy (non-hydrogen) atoms. The second kappa shape index (κ2) is 8.04. The molecule has 0 fully saturated rings. The smallest absolute Gasteiger partial charge is 0.206 e. The summed E-state index contributed by atoms with van der Waals surface area (Å²) in [5.74, 6) is 0.841. The van der Waals surface area contributed by atoms with Crippen LogP contribution in [0.4, 0.5) is 5.69 Å². The van der Waals surface area contributed by atoms with Gasteiger partial charge in [0.2, 0.25) is 4.80 Å². The highest BCUT2D eigenvalue weighted by molar-refractivity contribution is 7.12. The van der Waals surface area contributed by atoms with Crippen molar-refractivity contribution in [2.75, 3.05) is 33.2 Å². The number of hydrogen-bond donors (Lipinski definition) is 2. The fraction of sp³-hybridized carbons (Fsp3) is 0.211. The van der Waals surface area contributed by atoms with Crippen LogP contribution in [-0.2, 0) is 0 Å². The summed E-state index contributed by atoms with van der Waals surface area (Å²) in [6.45, 7) is 0. The van der Waals surface area contributed by atoms with Crippen molar-refractivity contribution in [3.05, 3.63) is 51.8 Å². The van der Waals surface area contributed by atoms with Gasteiger partial charge in [0.05, 0.1) is 19.2 Å². The molecular weight excluding hydrogens is 398 g/mol. The summed E-state index contributed by atoms with van der Waals surface area (Å²) in [4.78, 5) is 2.15. The Balaban J connectivity index is 1.98. The number of nitrogens with zero attached hydrogens (tertiary/aromatic N) is 3. The van der Waals surface area contributed by atoms with Gasteiger partial charge in [0.1, 0.15) is 5.01 Å². The average molecular weight is 418 g/mol. The molecule has 0 aliphatic carbocycles. The van der Waals surface area contributed by atoms with Crippen molar-refractivity contribution in [1.29, 1.82) is 10.8 Å². The summed E-state index contributed by atoms with van der Waals surface area (Å²) >= 11 is 7.45. The van der Waals surface area contributed by atoms with Crippen LogP contribution >= 0.6 is 22.9 Å². The minimum absolute atomic E-state index is 0.0280. The van der Waals surface area contributed by atoms with Gasteiger partial charge in [0, 0.05) is 30.9 Å². The van der Waals surface area contributed by atoms with E-state index in [0.717, 1.165) is 11.3 Å². The molecule has 0 spiro atoms. The van der Waals surface area contributed by atoms with Gasteiger partial charge in [0.15, 0.2) is 17.3 Å². The number of nitrogens with one attached hydrogen (secondary N) is 2. The normalized spacial score (nSPS) is 10.6. The molecule has 0 aliphatic rings. The van der Waals surface area contributed by atoms with E-state index in [2.05, 4.69) is 5.10 Å². The molecule has 7 nitrogen and oxygen atoms in total. The van der Waals surface area contributed by atoms with Crippen LogP contribution in [0.25, 0.3) is 10.6 Å². The van der Waals surface area contributed by atoms with Crippen LogP contribution < -0.4 is 19.2 Å². The first kappa shape index (κ1) is 19.9. The molecule has 0 amide bonds. The van der Waals surface area contributed by atoms with E-state index in [1.165, 1.54) is 30.2 Å². The van der Waals surface area contributed by atoms with Crippen molar-refractivity contribution in [3.63, 3.8) is 0 Å². The van der Waals surface area contributed by atoms with Crippen LogP contribution in [0.2, 0.25) is 5.02 Å². The SMILES string of the molecule is COc1cc(C(=N)n2nc(-c3ccc(N(C)C)cc3)sc2=N)cc(Cl)c1OC. The van der Waals surface area contributed by atoms with Crippen molar-refractivity contribution in [2.24, 2.45) is 0 Å². The molecule has 146 valence electrons. The lowest BCUT2D eigenvalue weighted by Crippen LogP contribution is -2.24. The van der Waals surface area contributed by atoms with Gasteiger partial charge < -0.3 is 14.4 Å². The first-order chi connectivity index (χ1) is 13.3. The standard InChI is InChI=1S/C19H20ClN5O2S/c1-24(2)13-7-5-11(6-8-13)18-23-25(19(22)28-18)17(21)12-9-14(20)16(27-4)15(10-12)26-3/h5-10,21-22H,1-4H3. The van der Waals surface area contributed by atoms with Gasteiger partial charge in [-0.25, -0.2) is 0 Å². The molecule has 2 N–H and O–H groups in total. The van der Waals surface area contributed by atoms with Crippen LogP contribution in [0, 0.1) is 10.8 Å². The number of halogens is 1. The molecule has 0 bridgehead atoms. The highest BCUT2D eigenvalue weighted by atomic mass is 35.5. The Morgan fingerprint density at radius 3 is 2.39 bits per heavy atom. The summed E-state index contributed by atoms with van der Waals surface area (Å²) in [5.41, 5.74) is 2.44. The lowest BCUT2D eigenvalue weighted by atomic mass is 10.2. The lowest BCUT2D eigenvalue weighted by Gasteiger charge is -2.12. The maximum Gasteiger partial charge on any atom is 0.206 e. The maximum atomic E-state index is 8.50. The van der Waals surface area contributed by atoms with Crippen LogP contribution in [0.15, 0.2) is 36.4 Å². The molecule has 1 aromatic heterocycles. The van der Waals surface area contributed by atoms with E-state index >= 15 is 0 Å². The Hall–Kier alpha value is -2.84. The van der Waals surface area contributed by atoms with Gasteiger partial charge >= 0.3 is 0 Å². The molecule has 3 aromatic rings. The van der Waals surface area contributed by atoms with Crippen molar-refractivity contribution in [2.45, 2.75) is 0 Å². The molecule has 2 aromatic carbocycles. The highest BCUT2D eigenvalue weighted by Crippen LogP contribution is 2.36. The molecule has 0 radical (unpaired) electrons. The zero-order valence-electron chi connectivity index (χ0n) is 15.9. The molecular formula is C19H20ClN5O2S. The third kappa shape index (κ3) is 3.74. The predicted octanol–water partition coefficient (Wildman–Crippen LogP) is 3.70. The molecule has 0 aliphatic heterocycles. The Kier molecular flexibility index (Phi) is 5.71. The number of anilines is 1. The number of benzene rings is 2. The minimum atomic E-state index is 0.0280. The monoisotopic (exact) mass is 417 g/mol. The summed E-state index contributed by atoms with van der Waals surface area (Å²) in [7, 11) is 6.95. The lowest BCUT2D eigenvalue weighted by molar-refractivity contribution is 0.355. The van der Waals surface area contributed by atoms with E-state index in [1.807, 2.05) is 43.3 Å². The van der Waals surface area contributed by atoms with E-state index in [0.29, 0.717) is 27.1 Å². The fourth-order valence-corrected chi connectivity index (χ4v) is 3.70. The van der Waals surface area contributed by atoms with Crippen molar-refractivity contribution in [1.82, 2.24) is 9.78 Å². The summed E-state index contributed by atoms with van der Waals surface area (Å²) in [6.07, 6.45) is 0. The zero-order chi connectivity index (χ0) is 20.4. The molecule has 0 unspecified atom stereocenters. The molecule has 0 saturated heterocycles. The predicted molar refractivity (Wildman–Crippen MR) is 113 cm³/mol. The Morgan fingerprint density at radius 1 is 1.14 bits per heavy atom. The van der Waals surface area contributed by atoms with Gasteiger partial charge in [-0.15, -0.1) is 0 Å². The van der Waals surface area contributed by atoms with E-state index in [4.69, 9.17) is 31.9 Å². The Bertz CT molecular complexity index is 1070. The quantitative estimate of drug-likeness (QED) is 0.489. The van der Waals surface area contributed by atoms with Crippen LogP contribution in [0.3, 0.4) is 0 Å². The second-order valence-corrected chi connectivity index (χ2v) is 7.49. The number of ether oxygens (including phenoxy) is 2. The van der Waals surface area contributed by atoms with Crippen LogP contribution in [-0.4, -0.2) is 43.9 Å². The summed E-state index contributed by atoms with van der Waals surface area (Å²) in [6, 6.07) is 11.1. The maximum absolute atomic E-state index is 8.50. The van der Waals surface area contributed by atoms with E-state index in [9.17, 15) is 0 Å². The minimum Gasteiger partial charge on any atom is -0.493 e. The Labute approximate surface area is 171 Å². The largest absolute Gasteiger partial charge is 0.493 e. The topological polar surface area (TPSA) is 87.2 Å². The number of hydrogen-bond acceptors (Lipinski definition) is 7. The fourth-order valence-electron chi connectivity index (χ4n) is 2.64. The van der Waals surface area contributed by atoms with Crippen LogP contribution in [0.5, 0.6) is 11.5 Å². The first-order valence-corrected chi connectivity index (χ1v) is 9.48. The molecule has 3 rings (SSSR count). The zero-order valence-corrected chi connectivity index (χ0v) is 17.5. The van der Waals surface area contributed by atoms with Crippen LogP contribution in [0.1, 0.15) is 5.56 Å². The molecule has 0 atom stereocenters. The summed E-state index contributed by atoms with van der Waals surface area (Å²) in [5, 5.41) is 22.2. The number of methoxy groups -OCH3 is 2. The highest BCUT2D eigenvalue weighted by Gasteiger charge is 2.17. The number of rotatable bonds is 5. The van der Waals surface area contributed by atoms with Crippen molar-refractivity contribution < 1.29 is 9.47 Å². The van der Waals surface area contributed by atoms with E-state index in [-0.39, 0.29) is 10.6 Å². The Morgan fingerprint density at radius 2 is 1.82 bits per heavy atom. The average Bonchev–Trinajstić information content (AvgIpc) is 3.08. The summed E-state index contributed by atoms with van der Waals surface area (Å²) < 4.78 is 11.8. The molecule has 1 heterocycles. The van der Waals surface area contributed by atoms with Crippen molar-refractivity contribution in [3.8, 4) is 22.1 Å². The van der Waals surface area contributed by atoms with Gasteiger partial charge in [0.25, 0.3) is 0 Å². The van der Waals surface area contributed by atoms with E-state index < -0.39 is 0 Å². The van der Waals surface area contributed by atoms with Gasteiger partial charge in [-0.1, -0.05) is 22.9 Å². The van der Waals surface area contributed by atoms with Crippen molar-refractivity contribution >= 4 is 34.5 Å². The third-order valence-corrected chi connectivity index (χ3v) is 5.28. The van der Waals surface area contributed by atoms with Gasteiger partial charge in [-0.3, -0.25) is 10.8 Å². The van der Waals surface area contributed by atoms with Gasteiger partial charge in [-0.05, 0) is 36.4 Å². The van der Waals surface area contributed by atoms with E-state index in [1.54, 1.807) is 12.1 Å². The first-order valence-electron chi connectivity index (χ1n) is 8.29. The molecule has 9 heteroatoms. The second-order valence-electron chi connectivity index (χ2n) is 6.11. The number of aromatic nitrogens is 2. The van der Waals surface area contributed by atoms with Gasteiger partial charge in [-0.2, -0.15) is 9.78 Å². The third-order valence-electron chi connectivity index (χ3n) is 4.13.